The van der Waals surface area contributed by atoms with E-state index in [2.05, 4.69) is 10.6 Å². The maximum Gasteiger partial charge on any atom is 0.325 e. The summed E-state index contributed by atoms with van der Waals surface area (Å²) in [4.78, 5) is 36.7. The fourth-order valence-electron chi connectivity index (χ4n) is 2.36. The van der Waals surface area contributed by atoms with E-state index >= 15 is 0 Å². The maximum absolute atomic E-state index is 12.8. The summed E-state index contributed by atoms with van der Waals surface area (Å²) in [6.07, 6.45) is 0.540. The SMILES string of the molecule is CC(C)C[C@@H]1NC(=O)N(CC(=O)NCc2ccc(F)cc2)C1=O. The largest absolute Gasteiger partial charge is 0.350 e. The summed E-state index contributed by atoms with van der Waals surface area (Å²) < 4.78 is 12.8. The second kappa shape index (κ2) is 7.21. The number of amides is 4. The topological polar surface area (TPSA) is 78.5 Å². The van der Waals surface area contributed by atoms with E-state index in [0.717, 1.165) is 10.5 Å². The van der Waals surface area contributed by atoms with Crippen LogP contribution >= 0.6 is 0 Å². The molecule has 2 N–H and O–H groups in total. The Hall–Kier alpha value is -2.44. The van der Waals surface area contributed by atoms with Gasteiger partial charge in [0.1, 0.15) is 18.4 Å². The lowest BCUT2D eigenvalue weighted by atomic mass is 10.0. The van der Waals surface area contributed by atoms with Crippen molar-refractivity contribution < 1.29 is 18.8 Å². The molecule has 0 aliphatic carbocycles. The van der Waals surface area contributed by atoms with Crippen molar-refractivity contribution in [2.45, 2.75) is 32.9 Å². The lowest BCUT2D eigenvalue weighted by Crippen LogP contribution is -2.41. The van der Waals surface area contributed by atoms with Gasteiger partial charge in [-0.15, -0.1) is 0 Å². The Morgan fingerprint density at radius 3 is 2.57 bits per heavy atom. The van der Waals surface area contributed by atoms with Crippen LogP contribution in [0.25, 0.3) is 0 Å². The van der Waals surface area contributed by atoms with E-state index in [1.165, 1.54) is 12.1 Å². The van der Waals surface area contributed by atoms with Crippen molar-refractivity contribution in [3.05, 3.63) is 35.6 Å². The minimum atomic E-state index is -0.563. The third kappa shape index (κ3) is 4.51. The van der Waals surface area contributed by atoms with E-state index in [-0.39, 0.29) is 30.7 Å². The van der Waals surface area contributed by atoms with Crippen molar-refractivity contribution in [1.82, 2.24) is 15.5 Å². The number of carbonyl (C=O) groups excluding carboxylic acids is 3. The Kier molecular flexibility index (Phi) is 5.31. The van der Waals surface area contributed by atoms with Gasteiger partial charge in [0.25, 0.3) is 5.91 Å². The highest BCUT2D eigenvalue weighted by atomic mass is 19.1. The van der Waals surface area contributed by atoms with Gasteiger partial charge in [0.15, 0.2) is 0 Å². The van der Waals surface area contributed by atoms with Gasteiger partial charge in [-0.25, -0.2) is 9.18 Å². The third-order valence-corrected chi connectivity index (χ3v) is 3.52. The molecule has 1 fully saturated rings. The quantitative estimate of drug-likeness (QED) is 0.778. The summed E-state index contributed by atoms with van der Waals surface area (Å²) in [5.74, 6) is -0.907. The van der Waals surface area contributed by atoms with Crippen LogP contribution in [-0.4, -0.2) is 35.3 Å². The molecule has 2 rings (SSSR count). The first kappa shape index (κ1) is 16.9. The second-order valence-electron chi connectivity index (χ2n) is 5.96. The van der Waals surface area contributed by atoms with Crippen LogP contribution in [0.1, 0.15) is 25.8 Å². The molecule has 0 radical (unpaired) electrons. The molecule has 0 spiro atoms. The number of hydrogen-bond acceptors (Lipinski definition) is 3. The normalized spacial score (nSPS) is 17.6. The average molecular weight is 321 g/mol. The molecular formula is C16H20FN3O3. The van der Waals surface area contributed by atoms with Crippen molar-refractivity contribution in [1.29, 1.82) is 0 Å². The van der Waals surface area contributed by atoms with Crippen LogP contribution in [0, 0.1) is 11.7 Å². The number of hydrogen-bond donors (Lipinski definition) is 2. The van der Waals surface area contributed by atoms with Crippen LogP contribution in [0.4, 0.5) is 9.18 Å². The lowest BCUT2D eigenvalue weighted by Gasteiger charge is -2.13. The zero-order valence-corrected chi connectivity index (χ0v) is 13.1. The number of halogens is 1. The molecule has 0 saturated carbocycles. The van der Waals surface area contributed by atoms with E-state index in [1.54, 1.807) is 12.1 Å². The Morgan fingerprint density at radius 2 is 1.96 bits per heavy atom. The van der Waals surface area contributed by atoms with E-state index in [9.17, 15) is 18.8 Å². The predicted molar refractivity (Wildman–Crippen MR) is 81.7 cm³/mol. The molecule has 1 heterocycles. The summed E-state index contributed by atoms with van der Waals surface area (Å²) >= 11 is 0. The van der Waals surface area contributed by atoms with Crippen LogP contribution in [0.3, 0.4) is 0 Å². The van der Waals surface area contributed by atoms with Gasteiger partial charge in [0, 0.05) is 6.54 Å². The van der Waals surface area contributed by atoms with E-state index in [4.69, 9.17) is 0 Å². The van der Waals surface area contributed by atoms with Gasteiger partial charge < -0.3 is 10.6 Å². The van der Waals surface area contributed by atoms with Crippen LogP contribution in [0.5, 0.6) is 0 Å². The second-order valence-corrected chi connectivity index (χ2v) is 5.96. The van der Waals surface area contributed by atoms with Gasteiger partial charge >= 0.3 is 6.03 Å². The molecule has 7 heteroatoms. The molecule has 23 heavy (non-hydrogen) atoms. The molecule has 1 aliphatic rings. The van der Waals surface area contributed by atoms with Gasteiger partial charge in [-0.05, 0) is 30.0 Å². The van der Waals surface area contributed by atoms with Crippen molar-refractivity contribution >= 4 is 17.8 Å². The first-order valence-corrected chi connectivity index (χ1v) is 7.50. The number of nitrogens with zero attached hydrogens (tertiary/aromatic N) is 1. The number of rotatable bonds is 6. The summed E-state index contributed by atoms with van der Waals surface area (Å²) in [5, 5.41) is 5.19. The van der Waals surface area contributed by atoms with Crippen LogP contribution < -0.4 is 10.6 Å². The number of imide groups is 1. The Balaban J connectivity index is 1.86. The van der Waals surface area contributed by atoms with Gasteiger partial charge in [-0.1, -0.05) is 26.0 Å². The molecular weight excluding hydrogens is 301 g/mol. The number of nitrogens with one attached hydrogen (secondary N) is 2. The fourth-order valence-corrected chi connectivity index (χ4v) is 2.36. The highest BCUT2D eigenvalue weighted by Gasteiger charge is 2.38. The summed E-state index contributed by atoms with van der Waals surface area (Å²) in [6, 6.07) is 4.61. The number of carbonyl (C=O) groups is 3. The Bertz CT molecular complexity index is 601. The highest BCUT2D eigenvalue weighted by molar-refractivity contribution is 6.06. The zero-order valence-electron chi connectivity index (χ0n) is 13.1. The Labute approximate surface area is 134 Å². The molecule has 124 valence electrons. The monoisotopic (exact) mass is 321 g/mol. The summed E-state index contributed by atoms with van der Waals surface area (Å²) in [6.45, 7) is 3.80. The molecule has 0 unspecified atom stereocenters. The Morgan fingerprint density at radius 1 is 1.30 bits per heavy atom. The maximum atomic E-state index is 12.8. The molecule has 1 aromatic rings. The minimum absolute atomic E-state index is 0.207. The van der Waals surface area contributed by atoms with Crippen molar-refractivity contribution in [3.63, 3.8) is 0 Å². The first-order chi connectivity index (χ1) is 10.9. The third-order valence-electron chi connectivity index (χ3n) is 3.52. The van der Waals surface area contributed by atoms with Gasteiger partial charge in [-0.3, -0.25) is 14.5 Å². The van der Waals surface area contributed by atoms with Crippen LogP contribution in [0.2, 0.25) is 0 Å². The van der Waals surface area contributed by atoms with Crippen LogP contribution in [0.15, 0.2) is 24.3 Å². The molecule has 0 aromatic heterocycles. The van der Waals surface area contributed by atoms with Gasteiger partial charge in [0.2, 0.25) is 5.91 Å². The minimum Gasteiger partial charge on any atom is -0.350 e. The fraction of sp³-hybridized carbons (Fsp3) is 0.438. The highest BCUT2D eigenvalue weighted by Crippen LogP contribution is 2.13. The van der Waals surface area contributed by atoms with Crippen molar-refractivity contribution in [3.8, 4) is 0 Å². The van der Waals surface area contributed by atoms with Gasteiger partial charge in [0.05, 0.1) is 0 Å². The predicted octanol–water partition coefficient (Wildman–Crippen LogP) is 1.41. The van der Waals surface area contributed by atoms with E-state index in [1.807, 2.05) is 13.8 Å². The molecule has 1 aromatic carbocycles. The van der Waals surface area contributed by atoms with Crippen molar-refractivity contribution in [2.24, 2.45) is 5.92 Å². The summed E-state index contributed by atoms with van der Waals surface area (Å²) in [5.41, 5.74) is 0.731. The summed E-state index contributed by atoms with van der Waals surface area (Å²) in [7, 11) is 0. The number of benzene rings is 1. The molecule has 4 amide bonds. The first-order valence-electron chi connectivity index (χ1n) is 7.50. The standard InChI is InChI=1S/C16H20FN3O3/c1-10(2)7-13-15(22)20(16(23)19-13)9-14(21)18-8-11-3-5-12(17)6-4-11/h3-6,10,13H,7-9H2,1-2H3,(H,18,21)(H,19,23)/t13-/m0/s1. The molecule has 1 saturated heterocycles. The van der Waals surface area contributed by atoms with E-state index < -0.39 is 18.0 Å². The average Bonchev–Trinajstić information content (AvgIpc) is 2.73. The van der Waals surface area contributed by atoms with Crippen molar-refractivity contribution in [2.75, 3.05) is 6.54 Å². The van der Waals surface area contributed by atoms with Crippen LogP contribution in [-0.2, 0) is 16.1 Å². The zero-order chi connectivity index (χ0) is 17.0. The molecule has 0 bridgehead atoms. The number of urea groups is 1. The van der Waals surface area contributed by atoms with Gasteiger partial charge in [-0.2, -0.15) is 0 Å². The lowest BCUT2D eigenvalue weighted by molar-refractivity contribution is -0.132. The molecule has 1 atom stereocenters. The molecule has 1 aliphatic heterocycles. The molecule has 6 nitrogen and oxygen atoms in total. The smallest absolute Gasteiger partial charge is 0.325 e. The van der Waals surface area contributed by atoms with E-state index in [0.29, 0.717) is 6.42 Å².